The number of benzene rings is 1. The van der Waals surface area contributed by atoms with Crippen LogP contribution in [-0.2, 0) is 9.59 Å². The molecule has 1 amide bonds. The van der Waals surface area contributed by atoms with Crippen LogP contribution in [0.4, 0.5) is 5.69 Å². The van der Waals surface area contributed by atoms with Gasteiger partial charge in [0, 0.05) is 30.3 Å². The number of likely N-dealkylation sites (tertiary alicyclic amines) is 1. The van der Waals surface area contributed by atoms with E-state index in [-0.39, 0.29) is 23.8 Å². The SMILES string of the molecule is CC1CC(C(=O)O)CN(C2CCN(c3cccc(Cl)c3)C2=O)C1. The molecule has 0 aliphatic carbocycles. The predicted molar refractivity (Wildman–Crippen MR) is 88.7 cm³/mol. The van der Waals surface area contributed by atoms with Crippen molar-refractivity contribution in [1.29, 1.82) is 0 Å². The van der Waals surface area contributed by atoms with Gasteiger partial charge in [-0.05, 0) is 37.0 Å². The molecule has 23 heavy (non-hydrogen) atoms. The Morgan fingerprint density at radius 1 is 1.35 bits per heavy atom. The summed E-state index contributed by atoms with van der Waals surface area (Å²) >= 11 is 6.02. The topological polar surface area (TPSA) is 60.9 Å². The lowest BCUT2D eigenvalue weighted by Gasteiger charge is -2.37. The van der Waals surface area contributed by atoms with Crippen LogP contribution < -0.4 is 4.90 Å². The van der Waals surface area contributed by atoms with E-state index in [9.17, 15) is 14.7 Å². The number of amides is 1. The third kappa shape index (κ3) is 3.35. The Labute approximate surface area is 140 Å². The lowest BCUT2D eigenvalue weighted by molar-refractivity contribution is -0.145. The van der Waals surface area contributed by atoms with Crippen molar-refractivity contribution in [2.24, 2.45) is 11.8 Å². The second-order valence-corrected chi connectivity index (χ2v) is 7.04. The fourth-order valence-corrected chi connectivity index (χ4v) is 3.91. The fourth-order valence-electron chi connectivity index (χ4n) is 3.73. The Bertz CT molecular complexity index is 622. The van der Waals surface area contributed by atoms with Gasteiger partial charge in [-0.1, -0.05) is 24.6 Å². The molecule has 2 fully saturated rings. The number of carboxylic acid groups (broad SMARTS) is 1. The second kappa shape index (κ2) is 6.49. The van der Waals surface area contributed by atoms with Gasteiger partial charge in [-0.15, -0.1) is 0 Å². The van der Waals surface area contributed by atoms with Crippen LogP contribution in [0.1, 0.15) is 19.8 Å². The molecule has 5 nitrogen and oxygen atoms in total. The summed E-state index contributed by atoms with van der Waals surface area (Å²) in [5.41, 5.74) is 0.810. The van der Waals surface area contributed by atoms with E-state index in [1.54, 1.807) is 17.0 Å². The Hall–Kier alpha value is -1.59. The molecule has 0 bridgehead atoms. The van der Waals surface area contributed by atoms with Crippen LogP contribution in [0.3, 0.4) is 0 Å². The van der Waals surface area contributed by atoms with E-state index in [4.69, 9.17) is 11.6 Å². The first-order valence-corrected chi connectivity index (χ1v) is 8.37. The van der Waals surface area contributed by atoms with E-state index in [1.807, 2.05) is 12.1 Å². The van der Waals surface area contributed by atoms with Crippen LogP contribution >= 0.6 is 11.6 Å². The molecule has 2 aliphatic rings. The number of carboxylic acids is 1. The maximum atomic E-state index is 12.8. The van der Waals surface area contributed by atoms with Gasteiger partial charge in [0.2, 0.25) is 5.91 Å². The first-order valence-electron chi connectivity index (χ1n) is 7.99. The number of nitrogens with zero attached hydrogens (tertiary/aromatic N) is 2. The van der Waals surface area contributed by atoms with Crippen LogP contribution in [0.15, 0.2) is 24.3 Å². The van der Waals surface area contributed by atoms with Crippen LogP contribution in [0.5, 0.6) is 0 Å². The zero-order chi connectivity index (χ0) is 16.6. The maximum Gasteiger partial charge on any atom is 0.307 e. The number of hydrogen-bond donors (Lipinski definition) is 1. The number of anilines is 1. The standard InChI is InChI=1S/C17H21ClN2O3/c1-11-7-12(17(22)23)10-19(9-11)15-5-6-20(16(15)21)14-4-2-3-13(18)8-14/h2-4,8,11-12,15H,5-7,9-10H2,1H3,(H,22,23). The highest BCUT2D eigenvalue weighted by Gasteiger charge is 2.41. The minimum atomic E-state index is -0.765. The van der Waals surface area contributed by atoms with Crippen LogP contribution in [0, 0.1) is 11.8 Å². The molecule has 1 N–H and O–H groups in total. The number of carbonyl (C=O) groups is 2. The quantitative estimate of drug-likeness (QED) is 0.921. The molecular formula is C17H21ClN2O3. The molecule has 1 aromatic carbocycles. The van der Waals surface area contributed by atoms with Crippen LogP contribution in [0.25, 0.3) is 0 Å². The van der Waals surface area contributed by atoms with E-state index >= 15 is 0 Å². The van der Waals surface area contributed by atoms with E-state index in [1.165, 1.54) is 0 Å². The Kier molecular flexibility index (Phi) is 4.60. The Morgan fingerprint density at radius 2 is 2.13 bits per heavy atom. The number of piperidine rings is 1. The van der Waals surface area contributed by atoms with Crippen LogP contribution in [-0.4, -0.2) is 47.6 Å². The molecule has 0 spiro atoms. The van der Waals surface area contributed by atoms with Crippen molar-refractivity contribution in [2.75, 3.05) is 24.5 Å². The second-order valence-electron chi connectivity index (χ2n) is 6.60. The lowest BCUT2D eigenvalue weighted by atomic mass is 9.89. The van der Waals surface area contributed by atoms with Crippen LogP contribution in [0.2, 0.25) is 5.02 Å². The molecule has 124 valence electrons. The summed E-state index contributed by atoms with van der Waals surface area (Å²) in [5.74, 6) is -0.811. The molecular weight excluding hydrogens is 316 g/mol. The molecule has 3 unspecified atom stereocenters. The van der Waals surface area contributed by atoms with Gasteiger partial charge in [-0.25, -0.2) is 0 Å². The highest BCUT2D eigenvalue weighted by atomic mass is 35.5. The molecule has 1 aromatic rings. The summed E-state index contributed by atoms with van der Waals surface area (Å²) < 4.78 is 0. The first-order chi connectivity index (χ1) is 11.0. The van der Waals surface area contributed by atoms with Crippen molar-refractivity contribution in [1.82, 2.24) is 4.90 Å². The minimum Gasteiger partial charge on any atom is -0.481 e. The summed E-state index contributed by atoms with van der Waals surface area (Å²) in [5, 5.41) is 9.91. The summed E-state index contributed by atoms with van der Waals surface area (Å²) in [6.45, 7) is 3.94. The minimum absolute atomic E-state index is 0.0468. The van der Waals surface area contributed by atoms with Gasteiger partial charge in [0.1, 0.15) is 0 Å². The predicted octanol–water partition coefficient (Wildman–Crippen LogP) is 2.49. The zero-order valence-corrected chi connectivity index (χ0v) is 13.9. The summed E-state index contributed by atoms with van der Waals surface area (Å²) in [6.07, 6.45) is 1.41. The molecule has 0 radical (unpaired) electrons. The van der Waals surface area contributed by atoms with Crippen molar-refractivity contribution in [3.05, 3.63) is 29.3 Å². The van der Waals surface area contributed by atoms with Gasteiger partial charge in [0.15, 0.2) is 0 Å². The largest absolute Gasteiger partial charge is 0.481 e. The van der Waals surface area contributed by atoms with Crippen molar-refractivity contribution in [3.8, 4) is 0 Å². The van der Waals surface area contributed by atoms with Crippen molar-refractivity contribution < 1.29 is 14.7 Å². The third-order valence-corrected chi connectivity index (χ3v) is 5.01. The molecule has 3 atom stereocenters. The number of aliphatic carboxylic acids is 1. The van der Waals surface area contributed by atoms with Gasteiger partial charge in [-0.2, -0.15) is 0 Å². The number of halogens is 1. The number of rotatable bonds is 3. The molecule has 0 saturated carbocycles. The molecule has 3 rings (SSSR count). The molecule has 2 saturated heterocycles. The van der Waals surface area contributed by atoms with Gasteiger partial charge < -0.3 is 10.0 Å². The molecule has 6 heteroatoms. The number of hydrogen-bond acceptors (Lipinski definition) is 3. The average molecular weight is 337 g/mol. The fraction of sp³-hybridized carbons (Fsp3) is 0.529. The first kappa shape index (κ1) is 16.3. The Morgan fingerprint density at radius 3 is 2.83 bits per heavy atom. The van der Waals surface area contributed by atoms with E-state index in [0.29, 0.717) is 24.5 Å². The summed E-state index contributed by atoms with van der Waals surface area (Å²) in [6, 6.07) is 7.07. The highest BCUT2D eigenvalue weighted by Crippen LogP contribution is 2.30. The van der Waals surface area contributed by atoms with Crippen molar-refractivity contribution >= 4 is 29.2 Å². The molecule has 2 aliphatic heterocycles. The molecule has 2 heterocycles. The maximum absolute atomic E-state index is 12.8. The lowest BCUT2D eigenvalue weighted by Crippen LogP contribution is -2.50. The Balaban J connectivity index is 1.75. The summed E-state index contributed by atoms with van der Waals surface area (Å²) in [7, 11) is 0. The molecule has 0 aromatic heterocycles. The van der Waals surface area contributed by atoms with E-state index < -0.39 is 5.97 Å². The van der Waals surface area contributed by atoms with Gasteiger partial charge in [-0.3, -0.25) is 14.5 Å². The van der Waals surface area contributed by atoms with E-state index in [2.05, 4.69) is 11.8 Å². The zero-order valence-electron chi connectivity index (χ0n) is 13.1. The third-order valence-electron chi connectivity index (χ3n) is 4.78. The normalized spacial score (nSPS) is 29.0. The number of carbonyl (C=O) groups excluding carboxylic acids is 1. The summed E-state index contributed by atoms with van der Waals surface area (Å²) in [4.78, 5) is 27.9. The van der Waals surface area contributed by atoms with Crippen molar-refractivity contribution in [2.45, 2.75) is 25.8 Å². The van der Waals surface area contributed by atoms with Gasteiger partial charge >= 0.3 is 5.97 Å². The highest BCUT2D eigenvalue weighted by molar-refractivity contribution is 6.31. The van der Waals surface area contributed by atoms with Crippen molar-refractivity contribution in [3.63, 3.8) is 0 Å². The average Bonchev–Trinajstić information content (AvgIpc) is 2.88. The van der Waals surface area contributed by atoms with E-state index in [0.717, 1.165) is 18.7 Å². The monoisotopic (exact) mass is 336 g/mol. The smallest absolute Gasteiger partial charge is 0.307 e. The van der Waals surface area contributed by atoms with Gasteiger partial charge in [0.05, 0.1) is 12.0 Å². The van der Waals surface area contributed by atoms with Gasteiger partial charge in [0.25, 0.3) is 0 Å².